The second-order valence-corrected chi connectivity index (χ2v) is 24.0. The van der Waals surface area contributed by atoms with E-state index in [1.807, 2.05) is 30.0 Å². The smallest absolute Gasteiger partial charge is 0.310 e. The van der Waals surface area contributed by atoms with Crippen LogP contribution in [-0.2, 0) is 19.1 Å². The fourth-order valence-corrected chi connectivity index (χ4v) is 17.0. The van der Waals surface area contributed by atoms with E-state index in [-0.39, 0.29) is 36.3 Å². The van der Waals surface area contributed by atoms with E-state index in [1.165, 1.54) is 38.5 Å². The normalized spacial score (nSPS) is 18.3. The molecule has 2 heterocycles. The highest BCUT2D eigenvalue weighted by molar-refractivity contribution is 8.33. The minimum Gasteiger partial charge on any atom is -0.469 e. The zero-order chi connectivity index (χ0) is 49.0. The molecule has 1 N–H and O–H groups in total. The van der Waals surface area contributed by atoms with Crippen LogP contribution in [0.1, 0.15) is 53.9 Å². The summed E-state index contributed by atoms with van der Waals surface area (Å²) < 4.78 is 5.03. The Morgan fingerprint density at radius 1 is 0.676 bits per heavy atom. The van der Waals surface area contributed by atoms with Gasteiger partial charge in [0.2, 0.25) is 5.91 Å². The topological polar surface area (TPSA) is 61.9 Å². The molecule has 366 valence electrons. The molecule has 7 aromatic carbocycles. The lowest BCUT2D eigenvalue weighted by Gasteiger charge is -2.44. The molecule has 7 aromatic rings. The van der Waals surface area contributed by atoms with Crippen molar-refractivity contribution in [1.29, 1.82) is 0 Å². The van der Waals surface area contributed by atoms with E-state index in [0.717, 1.165) is 50.1 Å². The Morgan fingerprint density at radius 3 is 1.68 bits per heavy atom. The first-order valence-electron chi connectivity index (χ1n) is 24.9. The second kappa shape index (κ2) is 23.9. The summed E-state index contributed by atoms with van der Waals surface area (Å²) >= 11 is 14.7. The maximum absolute atomic E-state index is 14.4. The summed E-state index contributed by atoms with van der Waals surface area (Å²) in [4.78, 5) is 37.0. The maximum atomic E-state index is 14.4. The number of nitrogens with zero attached hydrogens (tertiary/aromatic N) is 2. The van der Waals surface area contributed by atoms with Crippen LogP contribution in [-0.4, -0.2) is 85.1 Å². The Bertz CT molecular complexity index is 2600. The molecule has 0 spiro atoms. The van der Waals surface area contributed by atoms with E-state index < -0.39 is 14.8 Å². The van der Waals surface area contributed by atoms with Gasteiger partial charge < -0.3 is 10.1 Å². The number of rotatable bonds is 21. The number of fused-ring (bicyclic) bond motifs is 2. The lowest BCUT2D eigenvalue weighted by Crippen LogP contribution is -2.51. The van der Waals surface area contributed by atoms with Crippen LogP contribution in [0.2, 0.25) is 10.0 Å². The number of hydrogen-bond acceptors (Lipinski definition) is 6. The molecule has 9 rings (SSSR count). The number of nitrogens with one attached hydrogen (secondary N) is 1. The average molecular weight is 1020 g/mol. The quantitative estimate of drug-likeness (QED) is 0.0440. The summed E-state index contributed by atoms with van der Waals surface area (Å²) in [6, 6.07) is 71.1. The monoisotopic (exact) mass is 1020 g/mol. The number of esters is 1. The number of ether oxygens (including phenoxy) is 1. The lowest BCUT2D eigenvalue weighted by atomic mass is 9.76. The number of hydrogen-bond donors (Lipinski definition) is 1. The Labute approximate surface area is 436 Å². The standard InChI is InChI=1S/C61H63Cl2N3O3S2/c1-69-60(68)59-54(46-33-35-55(62)56(63)43-46)44-50-34-36-57(59)66(50)39-20-38-65(40-42-71(51-27-14-5-15-28-51,52-29-16-6-17-30-52)53-31-18-7-19-32-53)45-58(67)64-37-41-70-61(47-21-8-2-9-22-47,48-23-10-3-11-24-48)49-25-12-4-13-26-49/h2-19,21-33,35,43,50,54,57,59H,20,34,36-42,44-45H2,1H3,(H,64,67)/t50?,54?,57?,59-/m0/s1. The van der Waals surface area contributed by atoms with Crippen molar-refractivity contribution in [1.82, 2.24) is 15.1 Å². The minimum atomic E-state index is -1.75. The van der Waals surface area contributed by atoms with Gasteiger partial charge in [0.25, 0.3) is 0 Å². The molecule has 2 saturated heterocycles. The fourth-order valence-electron chi connectivity index (χ4n) is 11.4. The highest BCUT2D eigenvalue weighted by Crippen LogP contribution is 2.68. The van der Waals surface area contributed by atoms with E-state index in [2.05, 4.69) is 197 Å². The SMILES string of the molecule is COC(=O)[C@H]1C(c2ccc(Cl)c(Cl)c2)CC2CCC1N2CCCN(CCS(c1ccccc1)(c1ccccc1)c1ccccc1)CC(=O)NCCSC(c1ccccc1)(c1ccccc1)c1ccccc1. The van der Waals surface area contributed by atoms with Gasteiger partial charge in [-0.05, 0) is 124 Å². The first-order valence-corrected chi connectivity index (χ1v) is 28.4. The minimum absolute atomic E-state index is 0.00683. The first-order chi connectivity index (χ1) is 34.8. The molecule has 0 aromatic heterocycles. The van der Waals surface area contributed by atoms with Crippen molar-refractivity contribution in [2.75, 3.05) is 51.3 Å². The molecule has 0 aliphatic carbocycles. The average Bonchev–Trinajstić information content (AvgIpc) is 3.70. The zero-order valence-corrected chi connectivity index (χ0v) is 43.5. The van der Waals surface area contributed by atoms with E-state index >= 15 is 0 Å². The number of carbonyl (C=O) groups is 2. The summed E-state index contributed by atoms with van der Waals surface area (Å²) in [5.41, 5.74) is 4.64. The van der Waals surface area contributed by atoms with Crippen LogP contribution in [0.25, 0.3) is 0 Å². The molecule has 2 aliphatic rings. The third-order valence-corrected chi connectivity index (χ3v) is 20.9. The van der Waals surface area contributed by atoms with Crippen LogP contribution in [0.5, 0.6) is 0 Å². The van der Waals surface area contributed by atoms with Crippen molar-refractivity contribution in [2.24, 2.45) is 5.92 Å². The van der Waals surface area contributed by atoms with E-state index in [1.54, 1.807) is 0 Å². The van der Waals surface area contributed by atoms with Gasteiger partial charge in [-0.15, -0.1) is 11.8 Å². The highest BCUT2D eigenvalue weighted by Gasteiger charge is 2.51. The number of carbonyl (C=O) groups excluding carboxylic acids is 2. The molecular weight excluding hydrogens is 958 g/mol. The van der Waals surface area contributed by atoms with Gasteiger partial charge in [0.1, 0.15) is 0 Å². The Balaban J connectivity index is 0.960. The lowest BCUT2D eigenvalue weighted by molar-refractivity contribution is -0.150. The van der Waals surface area contributed by atoms with Gasteiger partial charge in [0.05, 0.1) is 34.4 Å². The number of thioether (sulfide) groups is 1. The fraction of sp³-hybridized carbons (Fsp3) is 0.279. The van der Waals surface area contributed by atoms with Crippen LogP contribution in [0, 0.1) is 5.92 Å². The Morgan fingerprint density at radius 2 is 1.18 bits per heavy atom. The number of piperidine rings is 1. The summed E-state index contributed by atoms with van der Waals surface area (Å²) in [5.74, 6) is 1.06. The van der Waals surface area contributed by atoms with Gasteiger partial charge in [-0.1, -0.05) is 175 Å². The predicted octanol–water partition coefficient (Wildman–Crippen LogP) is 13.6. The number of benzene rings is 7. The van der Waals surface area contributed by atoms with Gasteiger partial charge in [0.15, 0.2) is 0 Å². The summed E-state index contributed by atoms with van der Waals surface area (Å²) in [7, 11) is -0.251. The molecule has 2 bridgehead atoms. The van der Waals surface area contributed by atoms with E-state index in [0.29, 0.717) is 34.9 Å². The molecular formula is C61H63Cl2N3O3S2. The van der Waals surface area contributed by atoms with Crippen molar-refractivity contribution < 1.29 is 14.3 Å². The van der Waals surface area contributed by atoms with Crippen LogP contribution in [0.4, 0.5) is 0 Å². The van der Waals surface area contributed by atoms with Crippen molar-refractivity contribution in [2.45, 2.75) is 63.1 Å². The molecule has 6 nitrogen and oxygen atoms in total. The molecule has 2 aliphatic heterocycles. The molecule has 3 unspecified atom stereocenters. The number of halogens is 2. The van der Waals surface area contributed by atoms with Gasteiger partial charge in [-0.3, -0.25) is 19.4 Å². The third kappa shape index (κ3) is 11.2. The largest absolute Gasteiger partial charge is 0.469 e. The van der Waals surface area contributed by atoms with Gasteiger partial charge in [-0.2, -0.15) is 10.0 Å². The predicted molar refractivity (Wildman–Crippen MR) is 295 cm³/mol. The highest BCUT2D eigenvalue weighted by atomic mass is 35.5. The van der Waals surface area contributed by atoms with Crippen molar-refractivity contribution in [3.05, 3.63) is 232 Å². The molecule has 0 radical (unpaired) electrons. The van der Waals surface area contributed by atoms with Gasteiger partial charge in [0, 0.05) is 42.6 Å². The second-order valence-electron chi connectivity index (χ2n) is 18.6. The summed E-state index contributed by atoms with van der Waals surface area (Å²) in [5, 5.41) is 4.39. The molecule has 4 atom stereocenters. The number of amides is 1. The van der Waals surface area contributed by atoms with Crippen molar-refractivity contribution in [3.63, 3.8) is 0 Å². The zero-order valence-electron chi connectivity index (χ0n) is 40.3. The molecule has 2 fully saturated rings. The third-order valence-electron chi connectivity index (χ3n) is 14.6. The van der Waals surface area contributed by atoms with Crippen LogP contribution >= 0.6 is 45.0 Å². The van der Waals surface area contributed by atoms with Crippen LogP contribution in [0.15, 0.2) is 215 Å². The first kappa shape index (κ1) is 50.6. The Kier molecular flexibility index (Phi) is 17.1. The van der Waals surface area contributed by atoms with E-state index in [9.17, 15) is 9.59 Å². The molecule has 1 amide bonds. The van der Waals surface area contributed by atoms with Crippen LogP contribution in [0.3, 0.4) is 0 Å². The molecule has 0 saturated carbocycles. The van der Waals surface area contributed by atoms with Gasteiger partial charge in [-0.25, -0.2) is 0 Å². The molecule has 10 heteroatoms. The summed E-state index contributed by atoms with van der Waals surface area (Å²) in [6.07, 6.45) is 3.65. The van der Waals surface area contributed by atoms with E-state index in [4.69, 9.17) is 27.9 Å². The van der Waals surface area contributed by atoms with Crippen LogP contribution < -0.4 is 5.32 Å². The van der Waals surface area contributed by atoms with Gasteiger partial charge >= 0.3 is 5.97 Å². The number of methoxy groups -OCH3 is 1. The van der Waals surface area contributed by atoms with Crippen molar-refractivity contribution >= 4 is 56.9 Å². The maximum Gasteiger partial charge on any atom is 0.310 e. The summed E-state index contributed by atoms with van der Waals surface area (Å²) in [6.45, 7) is 3.05. The Hall–Kier alpha value is -5.32. The van der Waals surface area contributed by atoms with Crippen molar-refractivity contribution in [3.8, 4) is 0 Å². The molecule has 71 heavy (non-hydrogen) atoms.